The van der Waals surface area contributed by atoms with E-state index in [-0.39, 0.29) is 0 Å². The first-order valence-electron chi connectivity index (χ1n) is 12.5. The largest absolute Gasteiger partial charge is 0.479 e. The van der Waals surface area contributed by atoms with Crippen LogP contribution in [0.2, 0.25) is 0 Å². The Morgan fingerprint density at radius 2 is 1.43 bits per heavy atom. The molecule has 3 rings (SSSR count). The Balaban J connectivity index is 1.77. The molecule has 0 aromatic heterocycles. The highest BCUT2D eigenvalue weighted by Crippen LogP contribution is 2.41. The molecule has 42 heavy (non-hydrogen) atoms. The Labute approximate surface area is 236 Å². The third-order valence-corrected chi connectivity index (χ3v) is 7.58. The smallest absolute Gasteiger partial charge is 0.470 e. The second-order valence-corrected chi connectivity index (χ2v) is 11.2. The van der Waals surface area contributed by atoms with Gasteiger partial charge in [0.2, 0.25) is 0 Å². The second-order valence-electron chi connectivity index (χ2n) is 10.0. The van der Waals surface area contributed by atoms with Crippen LogP contribution in [0, 0.1) is 0 Å². The number of ether oxygens (including phenoxy) is 5. The molecule has 0 aromatic rings. The molecule has 0 aromatic carbocycles. The Morgan fingerprint density at radius 1 is 0.810 bits per heavy atom. The summed E-state index contributed by atoms with van der Waals surface area (Å²) >= 11 is 0. The van der Waals surface area contributed by atoms with Crippen molar-refractivity contribution in [2.24, 2.45) is 11.5 Å². The van der Waals surface area contributed by atoms with Crippen LogP contribution < -0.4 is 11.5 Å². The molecule has 0 saturated carbocycles. The van der Waals surface area contributed by atoms with Gasteiger partial charge in [0.1, 0.15) is 67.1 Å². The molecular weight excluding hydrogens is 603 g/mol. The van der Waals surface area contributed by atoms with Crippen molar-refractivity contribution >= 4 is 13.8 Å². The summed E-state index contributed by atoms with van der Waals surface area (Å²) in [6.45, 7) is -2.46. The van der Waals surface area contributed by atoms with E-state index in [0.717, 1.165) is 0 Å². The minimum absolute atomic E-state index is 0.623. The molecule has 0 spiro atoms. The van der Waals surface area contributed by atoms with E-state index in [2.05, 4.69) is 4.52 Å². The SMILES string of the molecule is N[C@@H]1[C@H](O)[C@H](O)[C@@H](CO[C@@H]2O[C@H](CO[C@@H]3[C@@H](O)[C@@H](O)[C@@H]([C@H](O)CO)O[C@H]3C(=O)O)[C@@H](OP(=O)(O)O)[C@H](O)[C@H]2N)O[C@@H]1O. The van der Waals surface area contributed by atoms with Gasteiger partial charge in [0, 0.05) is 0 Å². The van der Waals surface area contributed by atoms with Crippen LogP contribution in [0.15, 0.2) is 0 Å². The molecule has 15 N–H and O–H groups in total. The van der Waals surface area contributed by atoms with Crippen molar-refractivity contribution in [1.82, 2.24) is 0 Å². The first-order chi connectivity index (χ1) is 19.5. The lowest BCUT2D eigenvalue weighted by molar-refractivity contribution is -0.301. The highest BCUT2D eigenvalue weighted by molar-refractivity contribution is 7.46. The van der Waals surface area contributed by atoms with Gasteiger partial charge < -0.3 is 90.9 Å². The van der Waals surface area contributed by atoms with Crippen molar-refractivity contribution < 1.29 is 93.3 Å². The van der Waals surface area contributed by atoms with E-state index in [0.29, 0.717) is 0 Å². The van der Waals surface area contributed by atoms with E-state index in [1.807, 2.05) is 0 Å². The Bertz CT molecular complexity index is 945. The van der Waals surface area contributed by atoms with E-state index in [1.54, 1.807) is 0 Å². The molecule has 0 aliphatic carbocycles. The fourth-order valence-electron chi connectivity index (χ4n) is 4.72. The molecule has 21 nitrogen and oxygen atoms in total. The van der Waals surface area contributed by atoms with E-state index in [9.17, 15) is 60.0 Å². The molecule has 3 heterocycles. The first-order valence-corrected chi connectivity index (χ1v) is 14.1. The van der Waals surface area contributed by atoms with Gasteiger partial charge in [-0.25, -0.2) is 9.36 Å². The van der Waals surface area contributed by atoms with E-state index < -0.39 is 132 Å². The lowest BCUT2D eigenvalue weighted by Gasteiger charge is -2.45. The lowest BCUT2D eigenvalue weighted by Crippen LogP contribution is -2.66. The molecule has 246 valence electrons. The van der Waals surface area contributed by atoms with Crippen molar-refractivity contribution in [1.29, 1.82) is 0 Å². The second kappa shape index (κ2) is 14.4. The van der Waals surface area contributed by atoms with Crippen LogP contribution in [0.3, 0.4) is 0 Å². The Kier molecular flexibility index (Phi) is 12.1. The van der Waals surface area contributed by atoms with Crippen LogP contribution in [0.4, 0.5) is 0 Å². The van der Waals surface area contributed by atoms with Gasteiger partial charge in [0.25, 0.3) is 0 Å². The summed E-state index contributed by atoms with van der Waals surface area (Å²) in [5.41, 5.74) is 11.4. The van der Waals surface area contributed by atoms with Gasteiger partial charge in [0.05, 0.1) is 31.9 Å². The molecule has 0 bridgehead atoms. The number of phosphoric acid groups is 1. The van der Waals surface area contributed by atoms with Gasteiger partial charge in [-0.2, -0.15) is 0 Å². The maximum atomic E-state index is 11.8. The third-order valence-electron chi connectivity index (χ3n) is 7.06. The number of aliphatic hydroxyl groups excluding tert-OH is 8. The Morgan fingerprint density at radius 3 is 2.00 bits per heavy atom. The van der Waals surface area contributed by atoms with Crippen LogP contribution in [0.5, 0.6) is 0 Å². The zero-order valence-corrected chi connectivity index (χ0v) is 22.5. The molecule has 22 heteroatoms. The molecule has 0 amide bonds. The van der Waals surface area contributed by atoms with Crippen LogP contribution in [-0.4, -0.2) is 179 Å². The summed E-state index contributed by atoms with van der Waals surface area (Å²) in [5, 5.41) is 90.0. The fourth-order valence-corrected chi connectivity index (χ4v) is 5.29. The first kappa shape index (κ1) is 35.5. The van der Waals surface area contributed by atoms with Crippen LogP contribution in [-0.2, 0) is 37.6 Å². The molecule has 3 fully saturated rings. The highest BCUT2D eigenvalue weighted by Gasteiger charge is 2.53. The monoisotopic (exact) mass is 640 g/mol. The number of carbonyl (C=O) groups is 1. The van der Waals surface area contributed by atoms with Crippen LogP contribution in [0.1, 0.15) is 0 Å². The predicted octanol–water partition coefficient (Wildman–Crippen LogP) is -8.03. The lowest BCUT2D eigenvalue weighted by atomic mass is 9.92. The van der Waals surface area contributed by atoms with Crippen molar-refractivity contribution in [3.8, 4) is 0 Å². The average molecular weight is 640 g/mol. The minimum Gasteiger partial charge on any atom is -0.479 e. The maximum absolute atomic E-state index is 11.8. The van der Waals surface area contributed by atoms with E-state index in [1.165, 1.54) is 0 Å². The van der Waals surface area contributed by atoms with Crippen molar-refractivity contribution in [3.05, 3.63) is 0 Å². The van der Waals surface area contributed by atoms with Crippen molar-refractivity contribution in [2.45, 2.75) is 97.9 Å². The quantitative estimate of drug-likeness (QED) is 0.0932. The number of aliphatic hydroxyl groups is 8. The van der Waals surface area contributed by atoms with Gasteiger partial charge in [-0.05, 0) is 0 Å². The third kappa shape index (κ3) is 7.97. The number of hydrogen-bond donors (Lipinski definition) is 13. The number of carboxylic acids is 1. The topological polar surface area (TPSA) is 364 Å². The van der Waals surface area contributed by atoms with Gasteiger partial charge in [-0.15, -0.1) is 0 Å². The molecule has 0 unspecified atom stereocenters. The van der Waals surface area contributed by atoms with Crippen LogP contribution >= 0.6 is 7.82 Å². The number of hydrogen-bond acceptors (Lipinski definition) is 18. The number of phosphoric ester groups is 1. The molecular formula is C20H37N2O19P. The Hall–Kier alpha value is -1.02. The summed E-state index contributed by atoms with van der Waals surface area (Å²) in [5.74, 6) is -1.72. The zero-order valence-electron chi connectivity index (χ0n) is 21.6. The summed E-state index contributed by atoms with van der Waals surface area (Å²) < 4.78 is 42.8. The fraction of sp³-hybridized carbons (Fsp3) is 0.950. The minimum atomic E-state index is -5.32. The summed E-state index contributed by atoms with van der Waals surface area (Å²) in [7, 11) is -5.32. The summed E-state index contributed by atoms with van der Waals surface area (Å²) in [6, 6.07) is -2.92. The van der Waals surface area contributed by atoms with E-state index in [4.69, 9.17) is 40.3 Å². The molecule has 16 atom stereocenters. The van der Waals surface area contributed by atoms with Gasteiger partial charge in [0.15, 0.2) is 18.7 Å². The number of rotatable bonds is 11. The highest BCUT2D eigenvalue weighted by atomic mass is 31.2. The van der Waals surface area contributed by atoms with Gasteiger partial charge in [-0.3, -0.25) is 4.52 Å². The van der Waals surface area contributed by atoms with Crippen molar-refractivity contribution in [3.63, 3.8) is 0 Å². The normalized spacial score (nSPS) is 45.9. The van der Waals surface area contributed by atoms with Crippen molar-refractivity contribution in [2.75, 3.05) is 19.8 Å². The summed E-state index contributed by atoms with van der Waals surface area (Å²) in [4.78, 5) is 30.5. The molecule has 3 aliphatic heterocycles. The number of carboxylic acid groups (broad SMARTS) is 1. The summed E-state index contributed by atoms with van der Waals surface area (Å²) in [6.07, 6.45) is -25.0. The number of nitrogens with two attached hydrogens (primary N) is 2. The maximum Gasteiger partial charge on any atom is 0.470 e. The average Bonchev–Trinajstić information content (AvgIpc) is 2.92. The van der Waals surface area contributed by atoms with E-state index >= 15 is 0 Å². The standard InChI is InChI=1S/C20H37N2O19P/c21-7-10(26)9(25)5(38-19(7)32)2-37-20-8(22)11(27)15(41-42(33,34)35)6(39-20)3-36-16-13(29)12(28)14(4(24)1-23)40-17(16)18(30)31/h4-17,19-20,23-29,32H,1-3,21-22H2,(H,30,31)(H2,33,34,35)/t4-,5-,6-,7-,8-,9-,10+,11-,12-,13+,14-,15-,16-,17-,19+,20-/m1/s1. The van der Waals surface area contributed by atoms with Gasteiger partial charge in [-0.1, -0.05) is 0 Å². The molecule has 0 radical (unpaired) electrons. The molecule has 3 saturated heterocycles. The van der Waals surface area contributed by atoms with Crippen LogP contribution in [0.25, 0.3) is 0 Å². The predicted molar refractivity (Wildman–Crippen MR) is 128 cm³/mol. The number of aliphatic carboxylic acids is 1. The molecule has 3 aliphatic rings. The van der Waals surface area contributed by atoms with Gasteiger partial charge >= 0.3 is 13.8 Å². The zero-order chi connectivity index (χ0) is 31.7.